The fourth-order valence-electron chi connectivity index (χ4n) is 2.56. The predicted molar refractivity (Wildman–Crippen MR) is 76.8 cm³/mol. The van der Waals surface area contributed by atoms with Crippen LogP contribution in [0.4, 0.5) is 0 Å². The minimum absolute atomic E-state index is 0.201. The Labute approximate surface area is 116 Å². The number of aromatic nitrogens is 1. The molecule has 0 radical (unpaired) electrons. The highest BCUT2D eigenvalue weighted by Crippen LogP contribution is 2.16. The van der Waals surface area contributed by atoms with Crippen molar-refractivity contribution in [2.75, 3.05) is 26.3 Å². The van der Waals surface area contributed by atoms with Gasteiger partial charge in [0.25, 0.3) is 0 Å². The Morgan fingerprint density at radius 3 is 3.00 bits per heavy atom. The Hall–Kier alpha value is -0.970. The van der Waals surface area contributed by atoms with Gasteiger partial charge in [-0.05, 0) is 32.0 Å². The quantitative estimate of drug-likeness (QED) is 0.846. The second-order valence-corrected chi connectivity index (χ2v) is 5.39. The van der Waals surface area contributed by atoms with Gasteiger partial charge in [-0.1, -0.05) is 13.0 Å². The Morgan fingerprint density at radius 1 is 1.53 bits per heavy atom. The van der Waals surface area contributed by atoms with Crippen LogP contribution in [0.1, 0.15) is 24.7 Å². The molecule has 2 unspecified atom stereocenters. The number of pyridine rings is 1. The third-order valence-corrected chi connectivity index (χ3v) is 3.82. The number of nitrogens with two attached hydrogens (primary N) is 1. The van der Waals surface area contributed by atoms with Crippen molar-refractivity contribution in [2.45, 2.75) is 32.9 Å². The van der Waals surface area contributed by atoms with Crippen molar-refractivity contribution in [1.82, 2.24) is 9.88 Å². The van der Waals surface area contributed by atoms with Gasteiger partial charge in [0.05, 0.1) is 12.3 Å². The average molecular weight is 263 g/mol. The van der Waals surface area contributed by atoms with Crippen molar-refractivity contribution >= 4 is 0 Å². The van der Waals surface area contributed by atoms with E-state index < -0.39 is 0 Å². The Bertz CT molecular complexity index is 391. The third-order valence-electron chi connectivity index (χ3n) is 3.82. The van der Waals surface area contributed by atoms with Gasteiger partial charge in [-0.15, -0.1) is 0 Å². The summed E-state index contributed by atoms with van der Waals surface area (Å²) in [6.45, 7) is 8.68. The summed E-state index contributed by atoms with van der Waals surface area (Å²) in [6, 6.07) is 6.38. The molecule has 4 heteroatoms. The van der Waals surface area contributed by atoms with E-state index in [0.29, 0.717) is 5.92 Å². The van der Waals surface area contributed by atoms with E-state index >= 15 is 0 Å². The fraction of sp³-hybridized carbons (Fsp3) is 0.667. The van der Waals surface area contributed by atoms with Crippen LogP contribution in [0.5, 0.6) is 0 Å². The van der Waals surface area contributed by atoms with E-state index in [2.05, 4.69) is 28.9 Å². The van der Waals surface area contributed by atoms with Crippen LogP contribution in [0.15, 0.2) is 18.2 Å². The van der Waals surface area contributed by atoms with E-state index in [1.165, 1.54) is 0 Å². The molecule has 1 saturated heterocycles. The molecule has 0 aliphatic carbocycles. The largest absolute Gasteiger partial charge is 0.381 e. The van der Waals surface area contributed by atoms with Gasteiger partial charge in [0.2, 0.25) is 0 Å². The molecule has 1 aromatic rings. The highest BCUT2D eigenvalue weighted by atomic mass is 16.5. The van der Waals surface area contributed by atoms with Crippen molar-refractivity contribution in [3.8, 4) is 0 Å². The zero-order valence-corrected chi connectivity index (χ0v) is 12.0. The van der Waals surface area contributed by atoms with Crippen LogP contribution in [0.2, 0.25) is 0 Å². The lowest BCUT2D eigenvalue weighted by molar-refractivity contribution is 0.169. The van der Waals surface area contributed by atoms with E-state index in [0.717, 1.165) is 50.7 Å². The first-order valence-corrected chi connectivity index (χ1v) is 7.17. The van der Waals surface area contributed by atoms with Crippen LogP contribution >= 0.6 is 0 Å². The second-order valence-electron chi connectivity index (χ2n) is 5.39. The molecule has 2 heterocycles. The molecule has 19 heavy (non-hydrogen) atoms. The molecular formula is C15H25N3O. The topological polar surface area (TPSA) is 51.4 Å². The van der Waals surface area contributed by atoms with Gasteiger partial charge in [-0.2, -0.15) is 0 Å². The van der Waals surface area contributed by atoms with Gasteiger partial charge in [-0.3, -0.25) is 9.88 Å². The Morgan fingerprint density at radius 2 is 2.37 bits per heavy atom. The molecule has 1 aromatic heterocycles. The van der Waals surface area contributed by atoms with E-state index in [1.54, 1.807) is 0 Å². The van der Waals surface area contributed by atoms with E-state index in [-0.39, 0.29) is 6.04 Å². The number of nitrogens with zero attached hydrogens (tertiary/aromatic N) is 2. The number of ether oxygens (including phenoxy) is 1. The van der Waals surface area contributed by atoms with Gasteiger partial charge in [0.15, 0.2) is 0 Å². The fourth-order valence-corrected chi connectivity index (χ4v) is 2.56. The van der Waals surface area contributed by atoms with Gasteiger partial charge in [0, 0.05) is 37.4 Å². The van der Waals surface area contributed by atoms with Crippen LogP contribution in [-0.2, 0) is 11.3 Å². The maximum Gasteiger partial charge on any atom is 0.0547 e. The van der Waals surface area contributed by atoms with Crippen molar-refractivity contribution in [3.63, 3.8) is 0 Å². The van der Waals surface area contributed by atoms with Gasteiger partial charge in [-0.25, -0.2) is 0 Å². The number of rotatable bonds is 6. The average Bonchev–Trinajstić information content (AvgIpc) is 2.92. The molecule has 1 aliphatic heterocycles. The van der Waals surface area contributed by atoms with Gasteiger partial charge in [0.1, 0.15) is 0 Å². The van der Waals surface area contributed by atoms with E-state index in [4.69, 9.17) is 10.5 Å². The summed E-state index contributed by atoms with van der Waals surface area (Å²) < 4.78 is 5.42. The minimum atomic E-state index is 0.201. The Balaban J connectivity index is 1.89. The Kier molecular flexibility index (Phi) is 5.31. The van der Waals surface area contributed by atoms with Crippen LogP contribution in [-0.4, -0.2) is 42.2 Å². The lowest BCUT2D eigenvalue weighted by Crippen LogP contribution is -2.42. The normalized spacial score (nSPS) is 20.9. The lowest BCUT2D eigenvalue weighted by Gasteiger charge is -2.26. The first-order chi connectivity index (χ1) is 9.19. The molecule has 0 saturated carbocycles. The molecule has 1 aliphatic rings. The molecule has 2 atom stereocenters. The van der Waals surface area contributed by atoms with Gasteiger partial charge >= 0.3 is 0 Å². The minimum Gasteiger partial charge on any atom is -0.381 e. The first kappa shape index (κ1) is 14.4. The summed E-state index contributed by atoms with van der Waals surface area (Å²) in [5.74, 6) is 0.513. The predicted octanol–water partition coefficient (Wildman–Crippen LogP) is 1.58. The standard InChI is InChI=1S/C15H25N3O/c1-3-18(9-14-6-4-5-12(2)17-14)10-15(16)13-7-8-19-11-13/h4-6,13,15H,3,7-11,16H2,1-2H3. The van der Waals surface area contributed by atoms with E-state index in [9.17, 15) is 0 Å². The molecule has 0 bridgehead atoms. The van der Waals surface area contributed by atoms with Crippen molar-refractivity contribution in [1.29, 1.82) is 0 Å². The highest BCUT2D eigenvalue weighted by Gasteiger charge is 2.24. The molecule has 4 nitrogen and oxygen atoms in total. The SMILES string of the molecule is CCN(Cc1cccc(C)n1)CC(N)C1CCOC1. The molecule has 0 aromatic carbocycles. The van der Waals surface area contributed by atoms with Crippen molar-refractivity contribution in [3.05, 3.63) is 29.6 Å². The van der Waals surface area contributed by atoms with Gasteiger partial charge < -0.3 is 10.5 Å². The number of hydrogen-bond donors (Lipinski definition) is 1. The number of likely N-dealkylation sites (N-methyl/N-ethyl adjacent to an activating group) is 1. The summed E-state index contributed by atoms with van der Waals surface area (Å²) >= 11 is 0. The zero-order chi connectivity index (χ0) is 13.7. The smallest absolute Gasteiger partial charge is 0.0547 e. The molecular weight excluding hydrogens is 238 g/mol. The molecule has 0 amide bonds. The van der Waals surface area contributed by atoms with Crippen molar-refractivity contribution < 1.29 is 4.74 Å². The summed E-state index contributed by atoms with van der Waals surface area (Å²) in [5, 5.41) is 0. The molecule has 2 N–H and O–H groups in total. The molecule has 106 valence electrons. The maximum atomic E-state index is 6.30. The highest BCUT2D eigenvalue weighted by molar-refractivity contribution is 5.09. The van der Waals surface area contributed by atoms with Crippen LogP contribution in [0.3, 0.4) is 0 Å². The van der Waals surface area contributed by atoms with Crippen LogP contribution in [0.25, 0.3) is 0 Å². The third kappa shape index (κ3) is 4.27. The van der Waals surface area contributed by atoms with Crippen molar-refractivity contribution in [2.24, 2.45) is 11.7 Å². The van der Waals surface area contributed by atoms with Crippen LogP contribution < -0.4 is 5.73 Å². The molecule has 0 spiro atoms. The second kappa shape index (κ2) is 6.98. The zero-order valence-electron chi connectivity index (χ0n) is 12.0. The number of hydrogen-bond acceptors (Lipinski definition) is 4. The first-order valence-electron chi connectivity index (χ1n) is 7.17. The summed E-state index contributed by atoms with van der Waals surface area (Å²) in [6.07, 6.45) is 1.10. The summed E-state index contributed by atoms with van der Waals surface area (Å²) in [5.41, 5.74) is 8.49. The molecule has 1 fully saturated rings. The lowest BCUT2D eigenvalue weighted by atomic mass is 9.99. The maximum absolute atomic E-state index is 6.30. The summed E-state index contributed by atoms with van der Waals surface area (Å²) in [7, 11) is 0. The number of aryl methyl sites for hydroxylation is 1. The summed E-state index contributed by atoms with van der Waals surface area (Å²) in [4.78, 5) is 6.92. The van der Waals surface area contributed by atoms with Crippen LogP contribution in [0, 0.1) is 12.8 Å². The molecule has 2 rings (SSSR count). The van der Waals surface area contributed by atoms with E-state index in [1.807, 2.05) is 13.0 Å². The monoisotopic (exact) mass is 263 g/mol.